The first-order valence-electron chi connectivity index (χ1n) is 4.68. The minimum absolute atomic E-state index is 0.639. The third-order valence-electron chi connectivity index (χ3n) is 2.23. The van der Waals surface area contributed by atoms with Crippen LogP contribution in [0, 0.1) is 5.92 Å². The predicted octanol–water partition coefficient (Wildman–Crippen LogP) is 1.80. The number of allylic oxidation sites excluding steroid dienone is 1. The van der Waals surface area contributed by atoms with E-state index in [1.165, 1.54) is 18.4 Å². The third kappa shape index (κ3) is 2.95. The minimum Gasteiger partial charge on any atom is -0.252 e. The second kappa shape index (κ2) is 4.06. The van der Waals surface area contributed by atoms with Crippen molar-refractivity contribution >= 4 is 0 Å². The van der Waals surface area contributed by atoms with Gasteiger partial charge in [0.25, 0.3) is 0 Å². The van der Waals surface area contributed by atoms with Crippen molar-refractivity contribution in [1.29, 1.82) is 0 Å². The molecule has 0 aromatic rings. The molecule has 2 nitrogen and oxygen atoms in total. The molecule has 2 atom stereocenters. The molecule has 0 aliphatic heterocycles. The van der Waals surface area contributed by atoms with E-state index in [9.17, 15) is 0 Å². The standard InChI is InChI=1S/C10H20N2/c1-8-5-9(2)7-10(6-8)11-12(3)4/h5,8,10-11H,6-7H2,1-4H3. The highest BCUT2D eigenvalue weighted by molar-refractivity contribution is 5.07. The van der Waals surface area contributed by atoms with Crippen LogP contribution in [0.15, 0.2) is 11.6 Å². The monoisotopic (exact) mass is 168 g/mol. The molecular weight excluding hydrogens is 148 g/mol. The lowest BCUT2D eigenvalue weighted by atomic mass is 9.89. The molecule has 1 aliphatic rings. The average Bonchev–Trinajstić information content (AvgIpc) is 1.81. The Balaban J connectivity index is 2.44. The summed E-state index contributed by atoms with van der Waals surface area (Å²) in [5.41, 5.74) is 4.96. The Morgan fingerprint density at radius 2 is 2.17 bits per heavy atom. The Bertz CT molecular complexity index is 173. The van der Waals surface area contributed by atoms with E-state index in [0.717, 1.165) is 5.92 Å². The summed E-state index contributed by atoms with van der Waals surface area (Å²) >= 11 is 0. The van der Waals surface area contributed by atoms with E-state index in [4.69, 9.17) is 0 Å². The Morgan fingerprint density at radius 1 is 1.50 bits per heavy atom. The van der Waals surface area contributed by atoms with Crippen LogP contribution >= 0.6 is 0 Å². The summed E-state index contributed by atoms with van der Waals surface area (Å²) in [4.78, 5) is 0. The van der Waals surface area contributed by atoms with Gasteiger partial charge in [-0.15, -0.1) is 0 Å². The van der Waals surface area contributed by atoms with Gasteiger partial charge in [0.15, 0.2) is 0 Å². The van der Waals surface area contributed by atoms with E-state index in [1.807, 2.05) is 0 Å². The summed E-state index contributed by atoms with van der Waals surface area (Å²) in [6, 6.07) is 0.639. The molecule has 1 aliphatic carbocycles. The van der Waals surface area contributed by atoms with Gasteiger partial charge >= 0.3 is 0 Å². The molecule has 0 amide bonds. The molecular formula is C10H20N2. The molecule has 2 unspecified atom stereocenters. The minimum atomic E-state index is 0.639. The van der Waals surface area contributed by atoms with Gasteiger partial charge in [-0.3, -0.25) is 10.4 Å². The molecule has 0 fully saturated rings. The van der Waals surface area contributed by atoms with Crippen molar-refractivity contribution in [2.24, 2.45) is 5.92 Å². The molecule has 0 saturated heterocycles. The van der Waals surface area contributed by atoms with E-state index in [0.29, 0.717) is 6.04 Å². The molecule has 0 radical (unpaired) electrons. The third-order valence-corrected chi connectivity index (χ3v) is 2.23. The maximum absolute atomic E-state index is 3.44. The smallest absolute Gasteiger partial charge is 0.0257 e. The zero-order chi connectivity index (χ0) is 9.14. The number of hydrogen-bond donors (Lipinski definition) is 1. The van der Waals surface area contributed by atoms with Crippen LogP contribution in [0.25, 0.3) is 0 Å². The van der Waals surface area contributed by atoms with Crippen LogP contribution in [0.5, 0.6) is 0 Å². The van der Waals surface area contributed by atoms with Gasteiger partial charge in [-0.25, -0.2) is 0 Å². The van der Waals surface area contributed by atoms with Crippen LogP contribution in [0.4, 0.5) is 0 Å². The van der Waals surface area contributed by atoms with Crippen LogP contribution < -0.4 is 5.43 Å². The van der Waals surface area contributed by atoms with Crippen molar-refractivity contribution < 1.29 is 0 Å². The summed E-state index contributed by atoms with van der Waals surface area (Å²) in [5, 5.41) is 2.05. The SMILES string of the molecule is CC1=CC(C)CC(NN(C)C)C1. The normalized spacial score (nSPS) is 30.6. The van der Waals surface area contributed by atoms with E-state index in [1.54, 1.807) is 0 Å². The quantitative estimate of drug-likeness (QED) is 0.499. The number of rotatable bonds is 2. The van der Waals surface area contributed by atoms with Crippen LogP contribution in [-0.2, 0) is 0 Å². The summed E-state index contributed by atoms with van der Waals surface area (Å²) < 4.78 is 0. The topological polar surface area (TPSA) is 15.3 Å². The number of nitrogens with one attached hydrogen (secondary N) is 1. The zero-order valence-electron chi connectivity index (χ0n) is 8.59. The predicted molar refractivity (Wildman–Crippen MR) is 52.8 cm³/mol. The van der Waals surface area contributed by atoms with Crippen molar-refractivity contribution in [3.63, 3.8) is 0 Å². The molecule has 1 rings (SSSR count). The van der Waals surface area contributed by atoms with Crippen LogP contribution in [0.2, 0.25) is 0 Å². The van der Waals surface area contributed by atoms with Gasteiger partial charge < -0.3 is 0 Å². The summed E-state index contributed by atoms with van der Waals surface area (Å²) in [5.74, 6) is 0.733. The van der Waals surface area contributed by atoms with Crippen molar-refractivity contribution in [2.75, 3.05) is 14.1 Å². The van der Waals surface area contributed by atoms with Gasteiger partial charge in [0.05, 0.1) is 0 Å². The van der Waals surface area contributed by atoms with Crippen molar-refractivity contribution in [3.8, 4) is 0 Å². The van der Waals surface area contributed by atoms with Crippen molar-refractivity contribution in [2.45, 2.75) is 32.7 Å². The average molecular weight is 168 g/mol. The molecule has 2 heteroatoms. The molecule has 0 heterocycles. The first-order chi connectivity index (χ1) is 5.58. The highest BCUT2D eigenvalue weighted by Crippen LogP contribution is 2.22. The maximum atomic E-state index is 3.44. The van der Waals surface area contributed by atoms with E-state index in [2.05, 4.69) is 44.5 Å². The first kappa shape index (κ1) is 9.75. The fraction of sp³-hybridized carbons (Fsp3) is 0.800. The molecule has 70 valence electrons. The lowest BCUT2D eigenvalue weighted by Gasteiger charge is -2.28. The van der Waals surface area contributed by atoms with Gasteiger partial charge in [0.2, 0.25) is 0 Å². The molecule has 0 saturated carbocycles. The Hall–Kier alpha value is -0.340. The maximum Gasteiger partial charge on any atom is 0.0257 e. The van der Waals surface area contributed by atoms with Crippen LogP contribution in [-0.4, -0.2) is 25.1 Å². The molecule has 0 aromatic heterocycles. The lowest BCUT2D eigenvalue weighted by Crippen LogP contribution is -2.41. The summed E-state index contributed by atoms with van der Waals surface area (Å²) in [7, 11) is 4.11. The largest absolute Gasteiger partial charge is 0.252 e. The van der Waals surface area contributed by atoms with Crippen LogP contribution in [0.3, 0.4) is 0 Å². The highest BCUT2D eigenvalue weighted by Gasteiger charge is 2.17. The van der Waals surface area contributed by atoms with Gasteiger partial charge in [0.1, 0.15) is 0 Å². The molecule has 1 N–H and O–H groups in total. The van der Waals surface area contributed by atoms with Crippen molar-refractivity contribution in [1.82, 2.24) is 10.4 Å². The Labute approximate surface area is 75.6 Å². The number of hydrogen-bond acceptors (Lipinski definition) is 2. The molecule has 12 heavy (non-hydrogen) atoms. The van der Waals surface area contributed by atoms with Gasteiger partial charge in [-0.2, -0.15) is 0 Å². The second-order valence-electron chi connectivity index (χ2n) is 4.15. The van der Waals surface area contributed by atoms with E-state index < -0.39 is 0 Å². The lowest BCUT2D eigenvalue weighted by molar-refractivity contribution is 0.219. The van der Waals surface area contributed by atoms with Gasteiger partial charge in [-0.05, 0) is 25.7 Å². The Kier molecular flexibility index (Phi) is 3.29. The number of hydrazine groups is 1. The fourth-order valence-corrected chi connectivity index (χ4v) is 2.01. The molecule has 0 aromatic carbocycles. The van der Waals surface area contributed by atoms with E-state index in [-0.39, 0.29) is 0 Å². The fourth-order valence-electron chi connectivity index (χ4n) is 2.01. The summed E-state index contributed by atoms with van der Waals surface area (Å²) in [6.45, 7) is 4.51. The zero-order valence-corrected chi connectivity index (χ0v) is 8.59. The number of nitrogens with zero attached hydrogens (tertiary/aromatic N) is 1. The second-order valence-corrected chi connectivity index (χ2v) is 4.15. The van der Waals surface area contributed by atoms with E-state index >= 15 is 0 Å². The molecule has 0 bridgehead atoms. The molecule has 0 spiro atoms. The summed E-state index contributed by atoms with van der Waals surface area (Å²) in [6.07, 6.45) is 4.84. The van der Waals surface area contributed by atoms with Crippen molar-refractivity contribution in [3.05, 3.63) is 11.6 Å². The highest BCUT2D eigenvalue weighted by atomic mass is 15.5. The van der Waals surface area contributed by atoms with Gasteiger partial charge in [-0.1, -0.05) is 18.6 Å². The Morgan fingerprint density at radius 3 is 2.67 bits per heavy atom. The van der Waals surface area contributed by atoms with Crippen LogP contribution in [0.1, 0.15) is 26.7 Å². The van der Waals surface area contributed by atoms with Gasteiger partial charge in [0, 0.05) is 20.1 Å². The first-order valence-corrected chi connectivity index (χ1v) is 4.68.